The highest BCUT2D eigenvalue weighted by Crippen LogP contribution is 2.19. The van der Waals surface area contributed by atoms with Crippen molar-refractivity contribution in [1.82, 2.24) is 0 Å². The van der Waals surface area contributed by atoms with Crippen molar-refractivity contribution in [2.75, 3.05) is 0 Å². The molecule has 0 unspecified atom stereocenters. The van der Waals surface area contributed by atoms with Crippen molar-refractivity contribution in [2.45, 2.75) is 20.8 Å². The maximum absolute atomic E-state index is 5.65. The molecule has 0 amide bonds. The van der Waals surface area contributed by atoms with Gasteiger partial charge in [0.15, 0.2) is 0 Å². The normalized spacial score (nSPS) is 9.06. The molecular weight excluding hydrogens is 220 g/mol. The lowest BCUT2D eigenvalue weighted by molar-refractivity contribution is 0.517. The summed E-state index contributed by atoms with van der Waals surface area (Å²) >= 11 is 0. The molecule has 18 heavy (non-hydrogen) atoms. The number of hydrogen-bond acceptors (Lipinski definition) is 1. The van der Waals surface area contributed by atoms with E-state index in [1.165, 1.54) is 5.56 Å². The van der Waals surface area contributed by atoms with Crippen LogP contribution in [-0.4, -0.2) is 0 Å². The fourth-order valence-electron chi connectivity index (χ4n) is 1.43. The summed E-state index contributed by atoms with van der Waals surface area (Å²) in [5, 5.41) is 0. The first-order valence-corrected chi connectivity index (χ1v) is 6.24. The van der Waals surface area contributed by atoms with E-state index in [2.05, 4.69) is 25.6 Å². The van der Waals surface area contributed by atoms with Gasteiger partial charge in [0, 0.05) is 5.56 Å². The third-order valence-electron chi connectivity index (χ3n) is 2.36. The van der Waals surface area contributed by atoms with Gasteiger partial charge in [-0.15, -0.1) is 0 Å². The molecule has 1 heteroatoms. The van der Waals surface area contributed by atoms with Gasteiger partial charge >= 0.3 is 0 Å². The lowest BCUT2D eigenvalue weighted by Gasteiger charge is -2.08. The van der Waals surface area contributed by atoms with Crippen LogP contribution in [0.3, 0.4) is 0 Å². The average molecular weight is 240 g/mol. The van der Waals surface area contributed by atoms with Crippen LogP contribution in [0.5, 0.6) is 5.75 Å². The van der Waals surface area contributed by atoms with E-state index in [9.17, 15) is 0 Å². The molecule has 0 heterocycles. The third-order valence-corrected chi connectivity index (χ3v) is 2.36. The van der Waals surface area contributed by atoms with Crippen molar-refractivity contribution in [2.24, 2.45) is 0 Å². The van der Waals surface area contributed by atoms with Crippen molar-refractivity contribution in [3.63, 3.8) is 0 Å². The van der Waals surface area contributed by atoms with Gasteiger partial charge in [-0.1, -0.05) is 68.5 Å². The minimum atomic E-state index is 0.672. The van der Waals surface area contributed by atoms with Gasteiger partial charge in [-0.2, -0.15) is 0 Å². The van der Waals surface area contributed by atoms with Crippen molar-refractivity contribution < 1.29 is 4.74 Å². The van der Waals surface area contributed by atoms with E-state index >= 15 is 0 Å². The van der Waals surface area contributed by atoms with Crippen LogP contribution in [0, 0.1) is 6.92 Å². The van der Waals surface area contributed by atoms with Crippen LogP contribution in [0.25, 0.3) is 5.76 Å². The number of hydrogen-bond donors (Lipinski definition) is 0. The molecule has 94 valence electrons. The lowest BCUT2D eigenvalue weighted by atomic mass is 10.1. The first-order chi connectivity index (χ1) is 8.75. The van der Waals surface area contributed by atoms with Crippen molar-refractivity contribution in [1.29, 1.82) is 0 Å². The van der Waals surface area contributed by atoms with Gasteiger partial charge in [0.2, 0.25) is 0 Å². The molecule has 0 N–H and O–H groups in total. The van der Waals surface area contributed by atoms with Crippen LogP contribution in [0.15, 0.2) is 61.2 Å². The van der Waals surface area contributed by atoms with E-state index in [4.69, 9.17) is 4.74 Å². The third kappa shape index (κ3) is 4.10. The molecule has 0 spiro atoms. The Bertz CT molecular complexity index is 469. The molecule has 0 atom stereocenters. The second-order valence-corrected chi connectivity index (χ2v) is 3.70. The van der Waals surface area contributed by atoms with Crippen LogP contribution >= 0.6 is 0 Å². The Hall–Kier alpha value is -2.02. The molecule has 2 aromatic carbocycles. The number of ether oxygens (including phenoxy) is 1. The summed E-state index contributed by atoms with van der Waals surface area (Å²) in [5.74, 6) is 1.49. The fourth-order valence-corrected chi connectivity index (χ4v) is 1.43. The largest absolute Gasteiger partial charge is 0.457 e. The Morgan fingerprint density at radius 2 is 1.44 bits per heavy atom. The van der Waals surface area contributed by atoms with Gasteiger partial charge < -0.3 is 4.74 Å². The molecule has 0 saturated heterocycles. The molecule has 0 aliphatic heterocycles. The van der Waals surface area contributed by atoms with Gasteiger partial charge in [0.05, 0.1) is 0 Å². The first kappa shape index (κ1) is 14.0. The Balaban J connectivity index is 0.000000771. The second kappa shape index (κ2) is 7.33. The highest BCUT2D eigenvalue weighted by Gasteiger charge is 2.00. The molecule has 2 rings (SSSR count). The molecule has 0 saturated carbocycles. The zero-order chi connectivity index (χ0) is 13.4. The zero-order valence-electron chi connectivity index (χ0n) is 11.3. The standard InChI is InChI=1S/C15H14O.C2H6/c1-12-8-10-14(11-9-12)13(2)16-15-6-4-3-5-7-15;1-2/h3-11H,2H2,1H3;1-2H3. The summed E-state index contributed by atoms with van der Waals surface area (Å²) in [4.78, 5) is 0. The van der Waals surface area contributed by atoms with Gasteiger partial charge in [0.25, 0.3) is 0 Å². The lowest BCUT2D eigenvalue weighted by Crippen LogP contribution is -1.92. The van der Waals surface area contributed by atoms with E-state index in [-0.39, 0.29) is 0 Å². The minimum absolute atomic E-state index is 0.672. The molecule has 2 aromatic rings. The predicted octanol–water partition coefficient (Wildman–Crippen LogP) is 5.07. The molecule has 0 radical (unpaired) electrons. The molecule has 1 nitrogen and oxygen atoms in total. The first-order valence-electron chi connectivity index (χ1n) is 6.24. The molecule has 0 fully saturated rings. The summed E-state index contributed by atoms with van der Waals surface area (Å²) in [6, 6.07) is 17.8. The van der Waals surface area contributed by atoms with Gasteiger partial charge in [-0.3, -0.25) is 0 Å². The minimum Gasteiger partial charge on any atom is -0.457 e. The Labute approximate surface area is 110 Å². The summed E-state index contributed by atoms with van der Waals surface area (Å²) < 4.78 is 5.65. The van der Waals surface area contributed by atoms with Gasteiger partial charge in [-0.05, 0) is 19.1 Å². The number of rotatable bonds is 3. The van der Waals surface area contributed by atoms with Crippen LogP contribution in [0.1, 0.15) is 25.0 Å². The van der Waals surface area contributed by atoms with Crippen LogP contribution in [0.4, 0.5) is 0 Å². The summed E-state index contributed by atoms with van der Waals surface area (Å²) in [5.41, 5.74) is 2.24. The zero-order valence-corrected chi connectivity index (χ0v) is 11.3. The van der Waals surface area contributed by atoms with Crippen LogP contribution in [-0.2, 0) is 0 Å². The topological polar surface area (TPSA) is 9.23 Å². The van der Waals surface area contributed by atoms with Crippen LogP contribution < -0.4 is 4.74 Å². The molecule has 0 aliphatic rings. The Kier molecular flexibility index (Phi) is 5.72. The maximum Gasteiger partial charge on any atom is 0.127 e. The van der Waals surface area contributed by atoms with E-state index in [1.807, 2.05) is 56.3 Å². The molecule has 0 aromatic heterocycles. The number of aryl methyl sites for hydroxylation is 1. The molecular formula is C17H20O. The van der Waals surface area contributed by atoms with E-state index in [1.54, 1.807) is 0 Å². The monoisotopic (exact) mass is 240 g/mol. The van der Waals surface area contributed by atoms with E-state index in [0.29, 0.717) is 5.76 Å². The Morgan fingerprint density at radius 3 is 2.00 bits per heavy atom. The number of para-hydroxylation sites is 1. The highest BCUT2D eigenvalue weighted by atomic mass is 16.5. The van der Waals surface area contributed by atoms with E-state index in [0.717, 1.165) is 11.3 Å². The second-order valence-electron chi connectivity index (χ2n) is 3.70. The van der Waals surface area contributed by atoms with E-state index < -0.39 is 0 Å². The fraction of sp³-hybridized carbons (Fsp3) is 0.176. The van der Waals surface area contributed by atoms with Crippen molar-refractivity contribution in [3.8, 4) is 5.75 Å². The highest BCUT2D eigenvalue weighted by molar-refractivity contribution is 5.59. The maximum atomic E-state index is 5.65. The summed E-state index contributed by atoms with van der Waals surface area (Å²) in [6.07, 6.45) is 0. The molecule has 0 aliphatic carbocycles. The Morgan fingerprint density at radius 1 is 0.889 bits per heavy atom. The van der Waals surface area contributed by atoms with Gasteiger partial charge in [-0.25, -0.2) is 0 Å². The quantitative estimate of drug-likeness (QED) is 0.680. The smallest absolute Gasteiger partial charge is 0.127 e. The van der Waals surface area contributed by atoms with Crippen molar-refractivity contribution in [3.05, 3.63) is 72.3 Å². The predicted molar refractivity (Wildman–Crippen MR) is 78.6 cm³/mol. The summed E-state index contributed by atoms with van der Waals surface area (Å²) in [6.45, 7) is 9.99. The van der Waals surface area contributed by atoms with Crippen LogP contribution in [0.2, 0.25) is 0 Å². The SMILES string of the molecule is C=C(Oc1ccccc1)c1ccc(C)cc1.CC. The van der Waals surface area contributed by atoms with Gasteiger partial charge in [0.1, 0.15) is 11.5 Å². The summed E-state index contributed by atoms with van der Waals surface area (Å²) in [7, 11) is 0. The number of benzene rings is 2. The molecule has 0 bridgehead atoms. The van der Waals surface area contributed by atoms with Crippen molar-refractivity contribution >= 4 is 5.76 Å². The average Bonchev–Trinajstić information content (AvgIpc) is 2.43.